The minimum atomic E-state index is 0.620. The van der Waals surface area contributed by atoms with Gasteiger partial charge in [-0.05, 0) is 30.9 Å². The van der Waals surface area contributed by atoms with E-state index in [1.54, 1.807) is 0 Å². The van der Waals surface area contributed by atoms with E-state index in [4.69, 9.17) is 10.2 Å². The highest BCUT2D eigenvalue weighted by molar-refractivity contribution is 5.75. The van der Waals surface area contributed by atoms with Gasteiger partial charge in [-0.3, -0.25) is 0 Å². The number of aromatic nitrogens is 2. The molecule has 0 N–H and O–H groups in total. The van der Waals surface area contributed by atoms with Crippen LogP contribution in [0.3, 0.4) is 0 Å². The highest BCUT2D eigenvalue weighted by Crippen LogP contribution is 2.28. The molecular weight excluding hydrogens is 270 g/mol. The number of fused-ring (bicyclic) bond motifs is 1. The number of unbranched alkanes of at least 4 members (excludes halogenated alkanes) is 1. The van der Waals surface area contributed by atoms with Gasteiger partial charge >= 0.3 is 0 Å². The van der Waals surface area contributed by atoms with Crippen LogP contribution in [-0.4, -0.2) is 9.55 Å². The van der Waals surface area contributed by atoms with E-state index in [-0.39, 0.29) is 0 Å². The van der Waals surface area contributed by atoms with Crippen LogP contribution < -0.4 is 0 Å². The topological polar surface area (TPSA) is 41.6 Å². The molecule has 0 spiro atoms. The summed E-state index contributed by atoms with van der Waals surface area (Å²) in [6, 6.07) is 10.6. The first-order chi connectivity index (χ1) is 10.9. The molecule has 1 aliphatic carbocycles. The van der Waals surface area contributed by atoms with E-state index >= 15 is 0 Å². The number of aryl methyl sites for hydroxylation is 2. The lowest BCUT2D eigenvalue weighted by atomic mass is 9.86. The van der Waals surface area contributed by atoms with Crippen molar-refractivity contribution in [2.24, 2.45) is 5.92 Å². The molecule has 1 heterocycles. The number of nitriles is 1. The predicted molar refractivity (Wildman–Crippen MR) is 89.5 cm³/mol. The van der Waals surface area contributed by atoms with Crippen LogP contribution in [0.1, 0.15) is 57.2 Å². The number of rotatable bonds is 6. The van der Waals surface area contributed by atoms with Crippen molar-refractivity contribution < 1.29 is 0 Å². The lowest BCUT2D eigenvalue weighted by Crippen LogP contribution is -2.10. The molecule has 3 nitrogen and oxygen atoms in total. The summed E-state index contributed by atoms with van der Waals surface area (Å²) >= 11 is 0. The van der Waals surface area contributed by atoms with E-state index in [1.165, 1.54) is 49.9 Å². The summed E-state index contributed by atoms with van der Waals surface area (Å²) in [5.74, 6) is 2.10. The van der Waals surface area contributed by atoms with Gasteiger partial charge in [-0.15, -0.1) is 0 Å². The normalized spacial score (nSPS) is 16.0. The molecule has 0 radical (unpaired) electrons. The fourth-order valence-corrected chi connectivity index (χ4v) is 3.69. The molecule has 116 valence electrons. The highest BCUT2D eigenvalue weighted by atomic mass is 15.1. The van der Waals surface area contributed by atoms with Crippen LogP contribution in [0.5, 0.6) is 0 Å². The average molecular weight is 295 g/mol. The Bertz CT molecular complexity index is 644. The Morgan fingerprint density at radius 2 is 2.00 bits per heavy atom. The quantitative estimate of drug-likeness (QED) is 0.715. The maximum Gasteiger partial charge on any atom is 0.109 e. The fraction of sp³-hybridized carbons (Fsp3) is 0.579. The van der Waals surface area contributed by atoms with Crippen molar-refractivity contribution in [1.82, 2.24) is 9.55 Å². The standard InChI is InChI=1S/C19H25N3/c20-14-6-7-15-22-18-11-5-4-10-17(18)21-19(22)13-12-16-8-2-1-3-9-16/h4-5,10-11,16H,1-3,6-9,12-13,15H2. The smallest absolute Gasteiger partial charge is 0.109 e. The number of hydrogen-bond acceptors (Lipinski definition) is 2. The molecular formula is C19H25N3. The highest BCUT2D eigenvalue weighted by Gasteiger charge is 2.16. The van der Waals surface area contributed by atoms with Gasteiger partial charge in [0.2, 0.25) is 0 Å². The zero-order valence-corrected chi connectivity index (χ0v) is 13.3. The third-order valence-electron chi connectivity index (χ3n) is 4.90. The SMILES string of the molecule is N#CCCCn1c(CCC2CCCCC2)nc2ccccc21. The molecule has 0 saturated heterocycles. The Kier molecular flexibility index (Phi) is 5.11. The molecule has 2 aromatic rings. The summed E-state index contributed by atoms with van der Waals surface area (Å²) in [5.41, 5.74) is 2.32. The van der Waals surface area contributed by atoms with Crippen molar-refractivity contribution in [2.75, 3.05) is 0 Å². The van der Waals surface area contributed by atoms with Crippen molar-refractivity contribution in [2.45, 2.75) is 64.3 Å². The zero-order valence-electron chi connectivity index (χ0n) is 13.3. The van der Waals surface area contributed by atoms with Crippen LogP contribution >= 0.6 is 0 Å². The summed E-state index contributed by atoms with van der Waals surface area (Å²) < 4.78 is 2.34. The van der Waals surface area contributed by atoms with Crippen molar-refractivity contribution >= 4 is 11.0 Å². The number of benzene rings is 1. The van der Waals surface area contributed by atoms with E-state index in [9.17, 15) is 0 Å². The molecule has 1 aliphatic rings. The van der Waals surface area contributed by atoms with E-state index in [0.29, 0.717) is 6.42 Å². The molecule has 0 bridgehead atoms. The zero-order chi connectivity index (χ0) is 15.2. The number of para-hydroxylation sites is 2. The Morgan fingerprint density at radius 3 is 2.82 bits per heavy atom. The molecule has 22 heavy (non-hydrogen) atoms. The molecule has 0 unspecified atom stereocenters. The Labute approximate surface area is 133 Å². The summed E-state index contributed by atoms with van der Waals surface area (Å²) in [6.07, 6.45) is 10.9. The van der Waals surface area contributed by atoms with Gasteiger partial charge in [0.25, 0.3) is 0 Å². The Morgan fingerprint density at radius 1 is 1.18 bits per heavy atom. The summed E-state index contributed by atoms with van der Waals surface area (Å²) in [4.78, 5) is 4.86. The minimum Gasteiger partial charge on any atom is -0.328 e. The van der Waals surface area contributed by atoms with Crippen molar-refractivity contribution in [3.05, 3.63) is 30.1 Å². The number of imidazole rings is 1. The van der Waals surface area contributed by atoms with Crippen LogP contribution in [0, 0.1) is 17.2 Å². The number of hydrogen-bond donors (Lipinski definition) is 0. The first-order valence-electron chi connectivity index (χ1n) is 8.69. The molecule has 1 fully saturated rings. The van der Waals surface area contributed by atoms with E-state index < -0.39 is 0 Å². The van der Waals surface area contributed by atoms with E-state index in [1.807, 2.05) is 0 Å². The third kappa shape index (κ3) is 3.50. The lowest BCUT2D eigenvalue weighted by molar-refractivity contribution is 0.336. The summed E-state index contributed by atoms with van der Waals surface area (Å²) in [7, 11) is 0. The van der Waals surface area contributed by atoms with Crippen LogP contribution in [0.25, 0.3) is 11.0 Å². The largest absolute Gasteiger partial charge is 0.328 e. The van der Waals surface area contributed by atoms with Crippen molar-refractivity contribution in [1.29, 1.82) is 5.26 Å². The van der Waals surface area contributed by atoms with Gasteiger partial charge in [-0.2, -0.15) is 5.26 Å². The first kappa shape index (κ1) is 15.1. The maximum absolute atomic E-state index is 8.78. The first-order valence-corrected chi connectivity index (χ1v) is 8.69. The van der Waals surface area contributed by atoms with Gasteiger partial charge in [-0.1, -0.05) is 44.2 Å². The second kappa shape index (κ2) is 7.45. The third-order valence-corrected chi connectivity index (χ3v) is 4.90. The van der Waals surface area contributed by atoms with Crippen LogP contribution in [0.4, 0.5) is 0 Å². The van der Waals surface area contributed by atoms with E-state index in [0.717, 1.165) is 30.8 Å². The molecule has 3 heteroatoms. The predicted octanol–water partition coefficient (Wildman–Crippen LogP) is 4.85. The van der Waals surface area contributed by atoms with Crippen LogP contribution in [-0.2, 0) is 13.0 Å². The molecule has 0 aliphatic heterocycles. The molecule has 0 amide bonds. The van der Waals surface area contributed by atoms with Crippen LogP contribution in [0.15, 0.2) is 24.3 Å². The van der Waals surface area contributed by atoms with Gasteiger partial charge in [0.05, 0.1) is 17.1 Å². The summed E-state index contributed by atoms with van der Waals surface area (Å²) in [6.45, 7) is 0.911. The van der Waals surface area contributed by atoms with Gasteiger partial charge < -0.3 is 4.57 Å². The van der Waals surface area contributed by atoms with E-state index in [2.05, 4.69) is 34.9 Å². The molecule has 1 saturated carbocycles. The molecule has 3 rings (SSSR count). The van der Waals surface area contributed by atoms with Gasteiger partial charge in [0.15, 0.2) is 0 Å². The minimum absolute atomic E-state index is 0.620. The molecule has 0 atom stereocenters. The molecule has 1 aromatic carbocycles. The fourth-order valence-electron chi connectivity index (χ4n) is 3.69. The summed E-state index contributed by atoms with van der Waals surface area (Å²) in [5, 5.41) is 8.78. The van der Waals surface area contributed by atoms with Crippen LogP contribution in [0.2, 0.25) is 0 Å². The second-order valence-corrected chi connectivity index (χ2v) is 6.47. The van der Waals surface area contributed by atoms with Gasteiger partial charge in [-0.25, -0.2) is 4.98 Å². The maximum atomic E-state index is 8.78. The van der Waals surface area contributed by atoms with Crippen molar-refractivity contribution in [3.63, 3.8) is 0 Å². The lowest BCUT2D eigenvalue weighted by Gasteiger charge is -2.21. The van der Waals surface area contributed by atoms with Crippen molar-refractivity contribution in [3.8, 4) is 6.07 Å². The monoisotopic (exact) mass is 295 g/mol. The Balaban J connectivity index is 1.74. The molecule has 1 aromatic heterocycles. The number of nitrogens with zero attached hydrogens (tertiary/aromatic N) is 3. The average Bonchev–Trinajstić information content (AvgIpc) is 2.92. The van der Waals surface area contributed by atoms with Gasteiger partial charge in [0, 0.05) is 19.4 Å². The Hall–Kier alpha value is -1.82. The second-order valence-electron chi connectivity index (χ2n) is 6.47. The van der Waals surface area contributed by atoms with Gasteiger partial charge in [0.1, 0.15) is 5.82 Å².